The van der Waals surface area contributed by atoms with Gasteiger partial charge in [0.15, 0.2) is 0 Å². The van der Waals surface area contributed by atoms with Gasteiger partial charge in [0, 0.05) is 10.0 Å². The SMILES string of the molecule is Clc1ccc(Cn2nncc2COc2ccc3ccccc3c2)c(Cl)c1. The standard InChI is InChI=1S/C20H15Cl2N3O/c21-17-7-5-16(20(22)10-17)12-25-18(11-23-24-25)13-26-19-8-6-14-3-1-2-4-15(14)9-19/h1-11H,12-13H2. The Hall–Kier alpha value is -2.56. The second-order valence-corrected chi connectivity index (χ2v) is 6.76. The second kappa shape index (κ2) is 7.36. The predicted octanol–water partition coefficient (Wildman–Crippen LogP) is 5.37. The molecule has 1 heterocycles. The van der Waals surface area contributed by atoms with Crippen LogP contribution in [0.1, 0.15) is 11.3 Å². The number of benzene rings is 3. The van der Waals surface area contributed by atoms with E-state index < -0.39 is 0 Å². The molecule has 0 radical (unpaired) electrons. The first kappa shape index (κ1) is 16.9. The molecule has 0 atom stereocenters. The zero-order chi connectivity index (χ0) is 17.9. The number of ether oxygens (including phenoxy) is 1. The van der Waals surface area contributed by atoms with Gasteiger partial charge in [-0.05, 0) is 40.6 Å². The maximum Gasteiger partial charge on any atom is 0.132 e. The van der Waals surface area contributed by atoms with Crippen molar-refractivity contribution in [1.82, 2.24) is 15.0 Å². The first-order valence-corrected chi connectivity index (χ1v) is 8.87. The number of halogens is 2. The number of hydrogen-bond acceptors (Lipinski definition) is 3. The van der Waals surface area contributed by atoms with E-state index in [-0.39, 0.29) is 0 Å². The van der Waals surface area contributed by atoms with Crippen LogP contribution in [0, 0.1) is 0 Å². The fourth-order valence-corrected chi connectivity index (χ4v) is 3.22. The minimum atomic E-state index is 0.372. The summed E-state index contributed by atoms with van der Waals surface area (Å²) in [6, 6.07) is 19.6. The van der Waals surface area contributed by atoms with Crippen molar-refractivity contribution in [2.45, 2.75) is 13.2 Å². The molecule has 1 aromatic heterocycles. The number of fused-ring (bicyclic) bond motifs is 1. The van der Waals surface area contributed by atoms with Gasteiger partial charge in [-0.15, -0.1) is 5.10 Å². The van der Waals surface area contributed by atoms with Crippen LogP contribution in [0.5, 0.6) is 5.75 Å². The molecule has 4 aromatic rings. The molecule has 0 amide bonds. The Morgan fingerprint density at radius 3 is 2.62 bits per heavy atom. The Kier molecular flexibility index (Phi) is 4.78. The molecule has 0 unspecified atom stereocenters. The van der Waals surface area contributed by atoms with Gasteiger partial charge in [-0.25, -0.2) is 4.68 Å². The summed E-state index contributed by atoms with van der Waals surface area (Å²) in [5.74, 6) is 0.806. The van der Waals surface area contributed by atoms with Crippen LogP contribution in [-0.2, 0) is 13.2 Å². The molecule has 0 spiro atoms. The molecule has 0 aliphatic carbocycles. The van der Waals surface area contributed by atoms with Gasteiger partial charge in [0.05, 0.1) is 18.4 Å². The lowest BCUT2D eigenvalue weighted by atomic mass is 10.1. The Bertz CT molecular complexity index is 1060. The molecule has 26 heavy (non-hydrogen) atoms. The summed E-state index contributed by atoms with van der Waals surface area (Å²) in [6.45, 7) is 0.878. The molecule has 0 aliphatic heterocycles. The average molecular weight is 384 g/mol. The summed E-state index contributed by atoms with van der Waals surface area (Å²) in [7, 11) is 0. The number of nitrogens with zero attached hydrogens (tertiary/aromatic N) is 3. The van der Waals surface area contributed by atoms with Crippen molar-refractivity contribution in [2.24, 2.45) is 0 Å². The fraction of sp³-hybridized carbons (Fsp3) is 0.100. The van der Waals surface area contributed by atoms with Crippen molar-refractivity contribution in [3.63, 3.8) is 0 Å². The molecule has 6 heteroatoms. The van der Waals surface area contributed by atoms with Crippen molar-refractivity contribution in [1.29, 1.82) is 0 Å². The highest BCUT2D eigenvalue weighted by molar-refractivity contribution is 6.35. The van der Waals surface area contributed by atoms with Crippen molar-refractivity contribution in [3.05, 3.63) is 88.2 Å². The van der Waals surface area contributed by atoms with Gasteiger partial charge in [0.25, 0.3) is 0 Å². The largest absolute Gasteiger partial charge is 0.487 e. The monoisotopic (exact) mass is 383 g/mol. The van der Waals surface area contributed by atoms with E-state index in [4.69, 9.17) is 27.9 Å². The maximum atomic E-state index is 6.25. The number of rotatable bonds is 5. The Labute approximate surface area is 160 Å². The van der Waals surface area contributed by atoms with Crippen molar-refractivity contribution in [3.8, 4) is 5.75 Å². The molecule has 0 bridgehead atoms. The van der Waals surface area contributed by atoms with E-state index in [0.29, 0.717) is 23.2 Å². The zero-order valence-corrected chi connectivity index (χ0v) is 15.3. The van der Waals surface area contributed by atoms with Crippen LogP contribution < -0.4 is 4.74 Å². The van der Waals surface area contributed by atoms with Gasteiger partial charge >= 0.3 is 0 Å². The van der Waals surface area contributed by atoms with Crippen LogP contribution >= 0.6 is 23.2 Å². The second-order valence-electron chi connectivity index (χ2n) is 5.92. The van der Waals surface area contributed by atoms with Crippen LogP contribution in [0.4, 0.5) is 0 Å². The van der Waals surface area contributed by atoms with E-state index in [1.807, 2.05) is 42.5 Å². The molecule has 4 nitrogen and oxygen atoms in total. The van der Waals surface area contributed by atoms with E-state index >= 15 is 0 Å². The summed E-state index contributed by atoms with van der Waals surface area (Å²) in [5, 5.41) is 11.7. The normalized spacial score (nSPS) is 11.0. The molecule has 4 rings (SSSR count). The number of hydrogen-bond donors (Lipinski definition) is 0. The quantitative estimate of drug-likeness (QED) is 0.465. The van der Waals surface area contributed by atoms with E-state index in [2.05, 4.69) is 22.4 Å². The predicted molar refractivity (Wildman–Crippen MR) is 104 cm³/mol. The summed E-state index contributed by atoms with van der Waals surface area (Å²) in [4.78, 5) is 0. The molecular weight excluding hydrogens is 369 g/mol. The van der Waals surface area contributed by atoms with Gasteiger partial charge in [-0.3, -0.25) is 0 Å². The van der Waals surface area contributed by atoms with Crippen molar-refractivity contribution >= 4 is 34.0 Å². The Morgan fingerprint density at radius 2 is 1.77 bits per heavy atom. The van der Waals surface area contributed by atoms with Crippen LogP contribution in [0.25, 0.3) is 10.8 Å². The maximum absolute atomic E-state index is 6.25. The number of aromatic nitrogens is 3. The molecule has 0 aliphatic rings. The van der Waals surface area contributed by atoms with Crippen LogP contribution in [0.15, 0.2) is 66.9 Å². The minimum absolute atomic E-state index is 0.372. The molecular formula is C20H15Cl2N3O. The van der Waals surface area contributed by atoms with E-state index in [9.17, 15) is 0 Å². The van der Waals surface area contributed by atoms with Crippen LogP contribution in [0.3, 0.4) is 0 Å². The van der Waals surface area contributed by atoms with Crippen LogP contribution in [-0.4, -0.2) is 15.0 Å². The summed E-state index contributed by atoms with van der Waals surface area (Å²) in [6.07, 6.45) is 1.70. The van der Waals surface area contributed by atoms with E-state index in [1.54, 1.807) is 16.9 Å². The summed E-state index contributed by atoms with van der Waals surface area (Å²) < 4.78 is 7.71. The summed E-state index contributed by atoms with van der Waals surface area (Å²) in [5.41, 5.74) is 1.79. The third kappa shape index (κ3) is 3.66. The van der Waals surface area contributed by atoms with Crippen LogP contribution in [0.2, 0.25) is 10.0 Å². The first-order chi connectivity index (χ1) is 12.7. The minimum Gasteiger partial charge on any atom is -0.487 e. The van der Waals surface area contributed by atoms with Gasteiger partial charge in [0.2, 0.25) is 0 Å². The van der Waals surface area contributed by atoms with Crippen molar-refractivity contribution < 1.29 is 4.74 Å². The van der Waals surface area contributed by atoms with Gasteiger partial charge in [-0.2, -0.15) is 0 Å². The fourth-order valence-electron chi connectivity index (χ4n) is 2.75. The molecule has 0 saturated heterocycles. The third-order valence-corrected chi connectivity index (χ3v) is 4.73. The molecule has 0 fully saturated rings. The molecule has 130 valence electrons. The van der Waals surface area contributed by atoms with E-state index in [0.717, 1.165) is 22.4 Å². The van der Waals surface area contributed by atoms with E-state index in [1.165, 1.54) is 5.39 Å². The van der Waals surface area contributed by atoms with Gasteiger partial charge < -0.3 is 4.74 Å². The third-order valence-electron chi connectivity index (χ3n) is 4.14. The zero-order valence-electron chi connectivity index (χ0n) is 13.8. The highest BCUT2D eigenvalue weighted by Gasteiger charge is 2.09. The lowest BCUT2D eigenvalue weighted by Gasteiger charge is -2.10. The van der Waals surface area contributed by atoms with Crippen molar-refractivity contribution in [2.75, 3.05) is 0 Å². The highest BCUT2D eigenvalue weighted by atomic mass is 35.5. The lowest BCUT2D eigenvalue weighted by Crippen LogP contribution is -2.09. The topological polar surface area (TPSA) is 39.9 Å². The Balaban J connectivity index is 1.49. The summed E-state index contributed by atoms with van der Waals surface area (Å²) >= 11 is 12.2. The highest BCUT2D eigenvalue weighted by Crippen LogP contribution is 2.23. The smallest absolute Gasteiger partial charge is 0.132 e. The molecule has 3 aromatic carbocycles. The van der Waals surface area contributed by atoms with Gasteiger partial charge in [-0.1, -0.05) is 64.8 Å². The molecule has 0 N–H and O–H groups in total. The van der Waals surface area contributed by atoms with Gasteiger partial charge in [0.1, 0.15) is 12.4 Å². The Morgan fingerprint density at radius 1 is 0.923 bits per heavy atom. The first-order valence-electron chi connectivity index (χ1n) is 8.12. The molecule has 0 saturated carbocycles. The lowest BCUT2D eigenvalue weighted by molar-refractivity contribution is 0.293. The average Bonchev–Trinajstić information content (AvgIpc) is 3.09.